The summed E-state index contributed by atoms with van der Waals surface area (Å²) in [5, 5.41) is 7.57. The van der Waals surface area contributed by atoms with Crippen LogP contribution in [0.4, 0.5) is 0 Å². The lowest BCUT2D eigenvalue weighted by molar-refractivity contribution is 0.670. The van der Waals surface area contributed by atoms with Gasteiger partial charge in [0.05, 0.1) is 0 Å². The summed E-state index contributed by atoms with van der Waals surface area (Å²) >= 11 is 0. The molecule has 1 aromatic heterocycles. The van der Waals surface area contributed by atoms with Gasteiger partial charge in [-0.3, -0.25) is 0 Å². The third kappa shape index (κ3) is 3.31. The summed E-state index contributed by atoms with van der Waals surface area (Å²) in [6.07, 6.45) is 2.28. The summed E-state index contributed by atoms with van der Waals surface area (Å²) in [4.78, 5) is 0. The topological polar surface area (TPSA) is 13.1 Å². The molecule has 0 amide bonds. The molecule has 0 bridgehead atoms. The number of rotatable bonds is 4. The highest BCUT2D eigenvalue weighted by Gasteiger charge is 2.13. The van der Waals surface area contributed by atoms with Gasteiger partial charge in [-0.05, 0) is 62.4 Å². The van der Waals surface area contributed by atoms with Crippen molar-refractivity contribution < 1.29 is 4.42 Å². The summed E-state index contributed by atoms with van der Waals surface area (Å²) < 4.78 is 6.29. The Morgan fingerprint density at radius 1 is 0.528 bits per heavy atom. The molecule has 6 aromatic carbocycles. The second-order valence-electron chi connectivity index (χ2n) is 9.63. The summed E-state index contributed by atoms with van der Waals surface area (Å²) in [5.41, 5.74) is 8.08. The highest BCUT2D eigenvalue weighted by Crippen LogP contribution is 2.38. The summed E-state index contributed by atoms with van der Waals surface area (Å²) in [6.45, 7) is 2.24. The van der Waals surface area contributed by atoms with Gasteiger partial charge in [0, 0.05) is 16.3 Å². The van der Waals surface area contributed by atoms with Crippen molar-refractivity contribution in [1.29, 1.82) is 0 Å². The van der Waals surface area contributed by atoms with E-state index in [1.807, 2.05) is 12.1 Å². The second-order valence-corrected chi connectivity index (χ2v) is 9.63. The van der Waals surface area contributed by atoms with E-state index in [0.717, 1.165) is 45.9 Å². The van der Waals surface area contributed by atoms with Gasteiger partial charge in [-0.25, -0.2) is 0 Å². The Bertz CT molecular complexity index is 1890. The first-order chi connectivity index (χ1) is 17.8. The molecule has 1 heteroatoms. The normalized spacial score (nSPS) is 11.7. The molecule has 0 saturated carbocycles. The van der Waals surface area contributed by atoms with Crippen LogP contribution in [-0.4, -0.2) is 0 Å². The van der Waals surface area contributed by atoms with Crippen LogP contribution >= 0.6 is 0 Å². The van der Waals surface area contributed by atoms with Crippen molar-refractivity contribution in [1.82, 2.24) is 0 Å². The van der Waals surface area contributed by atoms with E-state index in [4.69, 9.17) is 4.42 Å². The van der Waals surface area contributed by atoms with Crippen LogP contribution in [0.1, 0.15) is 18.9 Å². The Kier molecular flexibility index (Phi) is 4.89. The fourth-order valence-corrected chi connectivity index (χ4v) is 5.64. The Balaban J connectivity index is 1.37. The third-order valence-electron chi connectivity index (χ3n) is 7.37. The zero-order valence-corrected chi connectivity index (χ0v) is 20.3. The van der Waals surface area contributed by atoms with Gasteiger partial charge in [0.15, 0.2) is 0 Å². The van der Waals surface area contributed by atoms with Crippen LogP contribution in [0.3, 0.4) is 0 Å². The molecule has 0 aliphatic heterocycles. The number of furan rings is 1. The quantitative estimate of drug-likeness (QED) is 0.237. The average molecular weight is 463 g/mol. The first-order valence-corrected chi connectivity index (χ1v) is 12.8. The van der Waals surface area contributed by atoms with Crippen molar-refractivity contribution in [2.45, 2.75) is 19.8 Å². The molecule has 1 nitrogen and oxygen atoms in total. The molecule has 0 radical (unpaired) electrons. The van der Waals surface area contributed by atoms with Gasteiger partial charge in [0.25, 0.3) is 0 Å². The molecule has 7 rings (SSSR count). The van der Waals surface area contributed by atoms with Gasteiger partial charge in [-0.2, -0.15) is 0 Å². The van der Waals surface area contributed by atoms with Crippen LogP contribution < -0.4 is 0 Å². The Labute approximate surface area is 210 Å². The molecule has 0 fully saturated rings. The molecule has 36 heavy (non-hydrogen) atoms. The number of fused-ring (bicyclic) bond motifs is 6. The van der Waals surface area contributed by atoms with E-state index in [1.54, 1.807) is 0 Å². The predicted octanol–water partition coefficient (Wildman–Crippen LogP) is 10.2. The minimum atomic E-state index is 0.932. The van der Waals surface area contributed by atoms with E-state index in [0.29, 0.717) is 0 Å². The fourth-order valence-electron chi connectivity index (χ4n) is 5.64. The third-order valence-corrected chi connectivity index (χ3v) is 7.37. The van der Waals surface area contributed by atoms with Gasteiger partial charge < -0.3 is 4.42 Å². The lowest BCUT2D eigenvalue weighted by Gasteiger charge is -2.13. The van der Waals surface area contributed by atoms with E-state index in [9.17, 15) is 0 Å². The van der Waals surface area contributed by atoms with Gasteiger partial charge in [0.1, 0.15) is 11.2 Å². The predicted molar refractivity (Wildman–Crippen MR) is 154 cm³/mol. The van der Waals surface area contributed by atoms with Crippen LogP contribution in [0.2, 0.25) is 0 Å². The van der Waals surface area contributed by atoms with Gasteiger partial charge in [-0.15, -0.1) is 0 Å². The molecule has 0 unspecified atom stereocenters. The van der Waals surface area contributed by atoms with Crippen molar-refractivity contribution in [2.24, 2.45) is 0 Å². The maximum atomic E-state index is 6.29. The van der Waals surface area contributed by atoms with Gasteiger partial charge >= 0.3 is 0 Å². The van der Waals surface area contributed by atoms with E-state index in [-0.39, 0.29) is 0 Å². The first-order valence-electron chi connectivity index (χ1n) is 12.8. The molecule has 0 aliphatic rings. The number of hydrogen-bond donors (Lipinski definition) is 0. The van der Waals surface area contributed by atoms with Crippen molar-refractivity contribution in [3.8, 4) is 22.3 Å². The smallest absolute Gasteiger partial charge is 0.143 e. The monoisotopic (exact) mass is 462 g/mol. The molecule has 0 atom stereocenters. The molecule has 172 valence electrons. The average Bonchev–Trinajstić information content (AvgIpc) is 3.32. The first kappa shape index (κ1) is 21.0. The number of hydrogen-bond acceptors (Lipinski definition) is 1. The summed E-state index contributed by atoms with van der Waals surface area (Å²) in [7, 11) is 0. The second kappa shape index (κ2) is 8.39. The van der Waals surface area contributed by atoms with E-state index in [1.165, 1.54) is 38.2 Å². The number of para-hydroxylation sites is 2. The number of benzene rings is 6. The Hall–Kier alpha value is -4.36. The van der Waals surface area contributed by atoms with Crippen molar-refractivity contribution >= 4 is 43.5 Å². The highest BCUT2D eigenvalue weighted by molar-refractivity contribution is 6.14. The lowest BCUT2D eigenvalue weighted by atomic mass is 9.91. The highest BCUT2D eigenvalue weighted by atomic mass is 16.3. The zero-order valence-electron chi connectivity index (χ0n) is 20.3. The molecule has 7 aromatic rings. The van der Waals surface area contributed by atoms with E-state index < -0.39 is 0 Å². The largest absolute Gasteiger partial charge is 0.455 e. The maximum absolute atomic E-state index is 6.29. The van der Waals surface area contributed by atoms with Crippen LogP contribution in [0.25, 0.3) is 65.7 Å². The summed E-state index contributed by atoms with van der Waals surface area (Å²) in [6, 6.07) is 41.7. The standard InChI is InChI=1S/C35H26O/c1-2-8-23-15-16-26-22-33(29-10-4-3-9-28(29)32(26)21-23)25-19-17-24(18-20-25)27-12-7-13-31-30-11-5-6-14-34(30)36-35(27)31/h3-7,9-22H,2,8H2,1H3. The molecule has 0 saturated heterocycles. The molecule has 0 aliphatic carbocycles. The van der Waals surface area contributed by atoms with Gasteiger partial charge in [0.2, 0.25) is 0 Å². The SMILES string of the molecule is CCCc1ccc2cc(-c3ccc(-c4cccc5c4oc4ccccc45)cc3)c3ccccc3c2c1. The van der Waals surface area contributed by atoms with Crippen LogP contribution in [0, 0.1) is 0 Å². The fraction of sp³-hybridized carbons (Fsp3) is 0.0857. The Morgan fingerprint density at radius 3 is 2.03 bits per heavy atom. The number of aryl methyl sites for hydroxylation is 1. The van der Waals surface area contributed by atoms with Gasteiger partial charge in [-0.1, -0.05) is 116 Å². The van der Waals surface area contributed by atoms with E-state index >= 15 is 0 Å². The Morgan fingerprint density at radius 2 is 1.22 bits per heavy atom. The van der Waals surface area contributed by atoms with Crippen LogP contribution in [0.5, 0.6) is 0 Å². The lowest BCUT2D eigenvalue weighted by Crippen LogP contribution is -1.88. The minimum Gasteiger partial charge on any atom is -0.455 e. The molecule has 0 N–H and O–H groups in total. The molecule has 1 heterocycles. The molecular weight excluding hydrogens is 436 g/mol. The minimum absolute atomic E-state index is 0.932. The molecule has 0 spiro atoms. The zero-order chi connectivity index (χ0) is 24.1. The van der Waals surface area contributed by atoms with E-state index in [2.05, 4.69) is 110 Å². The van der Waals surface area contributed by atoms with Crippen LogP contribution in [-0.2, 0) is 6.42 Å². The van der Waals surface area contributed by atoms with Crippen molar-refractivity contribution in [2.75, 3.05) is 0 Å². The maximum Gasteiger partial charge on any atom is 0.143 e. The van der Waals surface area contributed by atoms with Crippen molar-refractivity contribution in [3.63, 3.8) is 0 Å². The molecular formula is C35H26O. The van der Waals surface area contributed by atoms with Crippen LogP contribution in [0.15, 0.2) is 120 Å². The van der Waals surface area contributed by atoms with Crippen molar-refractivity contribution in [3.05, 3.63) is 121 Å². The summed E-state index contributed by atoms with van der Waals surface area (Å²) in [5.74, 6) is 0.